The Kier molecular flexibility index (Phi) is 3.88. The van der Waals surface area contributed by atoms with Gasteiger partial charge < -0.3 is 5.11 Å². The summed E-state index contributed by atoms with van der Waals surface area (Å²) in [6, 6.07) is 2.67. The minimum absolute atomic E-state index is 0.0515. The molecule has 0 saturated heterocycles. The topological polar surface area (TPSA) is 118 Å². The van der Waals surface area contributed by atoms with Crippen LogP contribution in [0.1, 0.15) is 37.9 Å². The number of carboxylic acid groups (broad SMARTS) is 1. The summed E-state index contributed by atoms with van der Waals surface area (Å²) in [7, 11) is 0. The largest absolute Gasteiger partial charge is 0.478 e. The molecule has 8 nitrogen and oxygen atoms in total. The Morgan fingerprint density at radius 3 is 2.29 bits per heavy atom. The highest BCUT2D eigenvalue weighted by Crippen LogP contribution is 2.09. The molecule has 0 unspecified atom stereocenters. The van der Waals surface area contributed by atoms with Crippen LogP contribution in [0.5, 0.6) is 0 Å². The fourth-order valence-electron chi connectivity index (χ4n) is 1.59. The second kappa shape index (κ2) is 5.61. The minimum atomic E-state index is -1.09. The number of nitrogens with one attached hydrogen (secondary N) is 1. The highest BCUT2D eigenvalue weighted by molar-refractivity contribution is 6.02. The zero-order valence-corrected chi connectivity index (χ0v) is 11.7. The van der Waals surface area contributed by atoms with Crippen molar-refractivity contribution in [3.05, 3.63) is 40.5 Å². The number of rotatable bonds is 3. The number of carboxylic acids is 1. The molecule has 0 aliphatic heterocycles. The maximum atomic E-state index is 12.0. The van der Waals surface area contributed by atoms with E-state index < -0.39 is 11.9 Å². The zero-order chi connectivity index (χ0) is 15.6. The Morgan fingerprint density at radius 1 is 1.00 bits per heavy atom. The third-order valence-corrected chi connectivity index (χ3v) is 2.87. The van der Waals surface area contributed by atoms with E-state index in [9.17, 15) is 9.59 Å². The molecule has 0 atom stereocenters. The van der Waals surface area contributed by atoms with Crippen LogP contribution in [0.3, 0.4) is 0 Å². The average Bonchev–Trinajstić information content (AvgIpc) is 2.42. The van der Waals surface area contributed by atoms with Crippen LogP contribution in [0.2, 0.25) is 0 Å². The molecular weight excluding hydrogens is 274 g/mol. The number of carbonyl (C=O) groups is 2. The number of carbonyl (C=O) groups excluding carboxylic acids is 1. The number of anilines is 1. The number of hydrogen-bond acceptors (Lipinski definition) is 6. The van der Waals surface area contributed by atoms with Crippen LogP contribution in [0.15, 0.2) is 12.1 Å². The fraction of sp³-hybridized carbons (Fsp3) is 0.231. The number of nitrogens with zero attached hydrogens (tertiary/aromatic N) is 4. The van der Waals surface area contributed by atoms with Gasteiger partial charge in [-0.15, -0.1) is 5.10 Å². The Morgan fingerprint density at radius 2 is 1.71 bits per heavy atom. The standard InChI is InChI=1S/C13H13N5O3/c1-6-7(2)17-18-13(15-6)16-11(19)10-5-4-9(12(20)21)8(3)14-10/h4-5H,1-3H3,(H,20,21)(H,15,16,18,19). The van der Waals surface area contributed by atoms with Gasteiger partial charge in [-0.05, 0) is 32.9 Å². The number of amides is 1. The minimum Gasteiger partial charge on any atom is -0.478 e. The first-order chi connectivity index (χ1) is 9.88. The number of aromatic nitrogens is 4. The van der Waals surface area contributed by atoms with E-state index in [1.807, 2.05) is 0 Å². The highest BCUT2D eigenvalue weighted by atomic mass is 16.4. The molecule has 2 N–H and O–H groups in total. The van der Waals surface area contributed by atoms with E-state index in [2.05, 4.69) is 25.5 Å². The summed E-state index contributed by atoms with van der Waals surface area (Å²) in [4.78, 5) is 30.9. The van der Waals surface area contributed by atoms with E-state index >= 15 is 0 Å². The van der Waals surface area contributed by atoms with Crippen molar-refractivity contribution in [2.75, 3.05) is 5.32 Å². The highest BCUT2D eigenvalue weighted by Gasteiger charge is 2.14. The maximum absolute atomic E-state index is 12.0. The van der Waals surface area contributed by atoms with Gasteiger partial charge in [0.1, 0.15) is 5.69 Å². The van der Waals surface area contributed by atoms with Crippen LogP contribution in [-0.4, -0.2) is 37.1 Å². The first-order valence-electron chi connectivity index (χ1n) is 6.08. The summed E-state index contributed by atoms with van der Waals surface area (Å²) < 4.78 is 0. The molecule has 0 spiro atoms. The van der Waals surface area contributed by atoms with Gasteiger partial charge in [0.2, 0.25) is 5.95 Å². The summed E-state index contributed by atoms with van der Waals surface area (Å²) in [5.74, 6) is -1.54. The van der Waals surface area contributed by atoms with Crippen LogP contribution < -0.4 is 5.32 Å². The normalized spacial score (nSPS) is 10.2. The lowest BCUT2D eigenvalue weighted by atomic mass is 10.2. The quantitative estimate of drug-likeness (QED) is 0.868. The molecule has 0 bridgehead atoms. The van der Waals surface area contributed by atoms with Gasteiger partial charge in [-0.3, -0.25) is 10.1 Å². The van der Waals surface area contributed by atoms with Gasteiger partial charge in [-0.25, -0.2) is 14.8 Å². The van der Waals surface area contributed by atoms with Crippen LogP contribution in [0.4, 0.5) is 5.95 Å². The predicted octanol–water partition coefficient (Wildman–Crippen LogP) is 1.14. The Balaban J connectivity index is 2.22. The molecule has 0 saturated carbocycles. The van der Waals surface area contributed by atoms with Crippen LogP contribution >= 0.6 is 0 Å². The number of pyridine rings is 1. The Labute approximate surface area is 120 Å². The monoisotopic (exact) mass is 287 g/mol. The van der Waals surface area contributed by atoms with Crippen molar-refractivity contribution in [3.8, 4) is 0 Å². The molecule has 21 heavy (non-hydrogen) atoms. The number of aryl methyl sites for hydroxylation is 3. The summed E-state index contributed by atoms with van der Waals surface area (Å²) in [6.45, 7) is 5.04. The smallest absolute Gasteiger partial charge is 0.337 e. The van der Waals surface area contributed by atoms with Crippen LogP contribution in [-0.2, 0) is 0 Å². The van der Waals surface area contributed by atoms with Gasteiger partial charge >= 0.3 is 5.97 Å². The van der Waals surface area contributed by atoms with E-state index in [1.165, 1.54) is 19.1 Å². The van der Waals surface area contributed by atoms with E-state index in [-0.39, 0.29) is 22.9 Å². The average molecular weight is 287 g/mol. The lowest BCUT2D eigenvalue weighted by molar-refractivity contribution is 0.0695. The third-order valence-electron chi connectivity index (χ3n) is 2.87. The molecule has 0 radical (unpaired) electrons. The van der Waals surface area contributed by atoms with Crippen molar-refractivity contribution in [2.24, 2.45) is 0 Å². The molecule has 2 aromatic rings. The summed E-state index contributed by atoms with van der Waals surface area (Å²) >= 11 is 0. The summed E-state index contributed by atoms with van der Waals surface area (Å²) in [6.07, 6.45) is 0. The van der Waals surface area contributed by atoms with E-state index in [0.29, 0.717) is 11.4 Å². The van der Waals surface area contributed by atoms with Gasteiger partial charge in [-0.2, -0.15) is 5.10 Å². The molecule has 108 valence electrons. The van der Waals surface area contributed by atoms with Crippen LogP contribution in [0, 0.1) is 20.8 Å². The van der Waals surface area contributed by atoms with Gasteiger partial charge in [-0.1, -0.05) is 0 Å². The molecule has 0 fully saturated rings. The van der Waals surface area contributed by atoms with Gasteiger partial charge in [0.25, 0.3) is 5.91 Å². The molecule has 2 heterocycles. The first-order valence-corrected chi connectivity index (χ1v) is 6.08. The maximum Gasteiger partial charge on any atom is 0.337 e. The molecule has 1 amide bonds. The summed E-state index contributed by atoms with van der Waals surface area (Å²) in [5.41, 5.74) is 1.72. The first kappa shape index (κ1) is 14.5. The van der Waals surface area contributed by atoms with Crippen molar-refractivity contribution in [2.45, 2.75) is 20.8 Å². The van der Waals surface area contributed by atoms with Gasteiger partial charge in [0, 0.05) is 0 Å². The summed E-state index contributed by atoms with van der Waals surface area (Å²) in [5, 5.41) is 19.0. The molecule has 8 heteroatoms. The van der Waals surface area contributed by atoms with E-state index in [0.717, 1.165) is 0 Å². The van der Waals surface area contributed by atoms with Crippen molar-refractivity contribution in [3.63, 3.8) is 0 Å². The van der Waals surface area contributed by atoms with Gasteiger partial charge in [0.05, 0.1) is 22.6 Å². The molecule has 2 rings (SSSR count). The lowest BCUT2D eigenvalue weighted by Gasteiger charge is -2.06. The second-order valence-electron chi connectivity index (χ2n) is 4.39. The van der Waals surface area contributed by atoms with E-state index in [4.69, 9.17) is 5.11 Å². The van der Waals surface area contributed by atoms with Crippen molar-refractivity contribution in [1.82, 2.24) is 20.2 Å². The van der Waals surface area contributed by atoms with Crippen molar-refractivity contribution < 1.29 is 14.7 Å². The molecular formula is C13H13N5O3. The number of aromatic carboxylic acids is 1. The second-order valence-corrected chi connectivity index (χ2v) is 4.39. The molecule has 0 aliphatic carbocycles. The molecule has 0 aliphatic rings. The Bertz CT molecular complexity index is 730. The van der Waals surface area contributed by atoms with Crippen LogP contribution in [0.25, 0.3) is 0 Å². The lowest BCUT2D eigenvalue weighted by Crippen LogP contribution is -2.18. The molecule has 0 aromatic carbocycles. The SMILES string of the molecule is Cc1nc(C(=O)Nc2nnc(C)c(C)n2)ccc1C(=O)O. The molecule has 2 aromatic heterocycles. The zero-order valence-electron chi connectivity index (χ0n) is 11.7. The van der Waals surface area contributed by atoms with Crippen molar-refractivity contribution in [1.29, 1.82) is 0 Å². The van der Waals surface area contributed by atoms with Crippen molar-refractivity contribution >= 4 is 17.8 Å². The third kappa shape index (κ3) is 3.16. The predicted molar refractivity (Wildman–Crippen MR) is 73.2 cm³/mol. The van der Waals surface area contributed by atoms with E-state index in [1.54, 1.807) is 13.8 Å². The Hall–Kier alpha value is -2.90. The number of hydrogen-bond donors (Lipinski definition) is 2. The van der Waals surface area contributed by atoms with Gasteiger partial charge in [0.15, 0.2) is 0 Å². The fourth-order valence-corrected chi connectivity index (χ4v) is 1.59.